The lowest BCUT2D eigenvalue weighted by Gasteiger charge is -2.65. The fraction of sp³-hybridized carbons (Fsp3) is 0.968. The quantitative estimate of drug-likeness (QED) is 0.0436. The van der Waals surface area contributed by atoms with Crippen LogP contribution in [0.3, 0.4) is 0 Å². The maximum Gasteiger partial charge on any atom is 0.321 e. The maximum absolute atomic E-state index is 16.7. The van der Waals surface area contributed by atoms with E-state index in [1.807, 2.05) is 27.7 Å². The smallest absolute Gasteiger partial charge is 0.321 e. The van der Waals surface area contributed by atoms with Gasteiger partial charge in [0.05, 0.1) is 52.9 Å². The van der Waals surface area contributed by atoms with E-state index in [-0.39, 0.29) is 85.3 Å². The first-order valence-corrected chi connectivity index (χ1v) is 32.2. The highest BCUT2D eigenvalue weighted by molar-refractivity contribution is 5.78. The summed E-state index contributed by atoms with van der Waals surface area (Å²) in [5.41, 5.74) is -2.48. The van der Waals surface area contributed by atoms with Crippen molar-refractivity contribution >= 4 is 11.9 Å². The van der Waals surface area contributed by atoms with Crippen LogP contribution < -0.4 is 0 Å². The minimum atomic E-state index is -2.48. The molecule has 14 nitrogen and oxygen atoms in total. The van der Waals surface area contributed by atoms with Crippen LogP contribution in [0.4, 0.5) is 0 Å². The molecule has 0 spiro atoms. The number of carbonyl (C=O) groups is 2. The molecule has 77 heavy (non-hydrogen) atoms. The molecular formula is C63H124O14. The first-order valence-electron chi connectivity index (χ1n) is 32.2. The standard InChI is InChI=1S/C63H124O14/c1-13-25-37-47-70-60(55(21-9)68-23-11,71-48-38-26-14-2)62(74-51-41-29-17-5,75-52-42-30-18-6)59(58(66)67,46-36-34-33-35-45-57(64)65)63(76-53-43-31-19-7,77-54-44-32-20-8)61(56(22-10)69-24-12,72-49-39-27-15-3)73-50-40-28-16-4/h55-56H,13-54H2,1-12H3,(H,64,65)(H,66,67). The molecule has 2 unspecified atom stereocenters. The topological polar surface area (TPSA) is 167 Å². The number of aliphatic carboxylic acids is 2. The summed E-state index contributed by atoms with van der Waals surface area (Å²) in [4.78, 5) is 28.6. The Bertz CT molecular complexity index is 1240. The molecule has 0 amide bonds. The number of rotatable bonds is 60. The Hall–Kier alpha value is -1.46. The third kappa shape index (κ3) is 23.7. The molecule has 2 N–H and O–H groups in total. The average Bonchev–Trinajstić information content (AvgIpc) is 3.45. The molecule has 0 aromatic rings. The van der Waals surface area contributed by atoms with Crippen LogP contribution in [0.15, 0.2) is 0 Å². The van der Waals surface area contributed by atoms with Gasteiger partial charge in [0.15, 0.2) is 5.41 Å². The third-order valence-electron chi connectivity index (χ3n) is 14.9. The predicted molar refractivity (Wildman–Crippen MR) is 312 cm³/mol. The maximum atomic E-state index is 16.7. The van der Waals surface area contributed by atoms with Crippen molar-refractivity contribution in [3.8, 4) is 0 Å². The summed E-state index contributed by atoms with van der Waals surface area (Å²) < 4.78 is 75.9. The second-order valence-electron chi connectivity index (χ2n) is 21.2. The van der Waals surface area contributed by atoms with E-state index in [9.17, 15) is 15.0 Å². The van der Waals surface area contributed by atoms with E-state index in [2.05, 4.69) is 55.4 Å². The van der Waals surface area contributed by atoms with Gasteiger partial charge in [0, 0.05) is 19.6 Å². The van der Waals surface area contributed by atoms with Gasteiger partial charge in [-0.3, -0.25) is 9.59 Å². The van der Waals surface area contributed by atoms with Crippen molar-refractivity contribution in [2.45, 2.75) is 324 Å². The van der Waals surface area contributed by atoms with Crippen LogP contribution in [-0.2, 0) is 57.0 Å². The monoisotopic (exact) mass is 1100 g/mol. The third-order valence-corrected chi connectivity index (χ3v) is 14.9. The molecule has 2 atom stereocenters. The van der Waals surface area contributed by atoms with Crippen molar-refractivity contribution in [3.63, 3.8) is 0 Å². The minimum Gasteiger partial charge on any atom is -0.481 e. The summed E-state index contributed by atoms with van der Waals surface area (Å²) in [5, 5.41) is 23.4. The van der Waals surface area contributed by atoms with Gasteiger partial charge >= 0.3 is 11.9 Å². The van der Waals surface area contributed by atoms with Gasteiger partial charge in [0.25, 0.3) is 11.6 Å². The summed E-state index contributed by atoms with van der Waals surface area (Å²) in [7, 11) is 0. The van der Waals surface area contributed by atoms with Gasteiger partial charge < -0.3 is 57.6 Å². The Labute approximate surface area is 472 Å². The molecular weight excluding hydrogens is 981 g/mol. The van der Waals surface area contributed by atoms with Crippen molar-refractivity contribution in [2.75, 3.05) is 66.1 Å². The average molecular weight is 1110 g/mol. The SMILES string of the molecule is CCCCCOC(OCCCCC)(C(CC)OCC)C(OCCCCC)(OCCCCC)C(CCCCCCC(=O)O)(C(=O)O)C(OCCCCC)(OCCCCC)C(OCCCCC)(OCCCCC)C(CC)OCC. The number of carboxylic acid groups (broad SMARTS) is 2. The predicted octanol–water partition coefficient (Wildman–Crippen LogP) is 16.6. The van der Waals surface area contributed by atoms with Crippen molar-refractivity contribution in [1.29, 1.82) is 0 Å². The molecule has 0 aromatic heterocycles. The number of unbranched alkanes of at least 4 members (excludes halogenated alkanes) is 19. The highest BCUT2D eigenvalue weighted by atomic mass is 16.8. The number of carboxylic acids is 2. The lowest BCUT2D eigenvalue weighted by molar-refractivity contribution is -0.528. The number of hydrogen-bond donors (Lipinski definition) is 2. The van der Waals surface area contributed by atoms with Gasteiger partial charge in [0.1, 0.15) is 12.2 Å². The fourth-order valence-electron chi connectivity index (χ4n) is 10.8. The van der Waals surface area contributed by atoms with Gasteiger partial charge in [-0.05, 0) is 90.9 Å². The van der Waals surface area contributed by atoms with Crippen LogP contribution in [0.1, 0.15) is 289 Å². The molecule has 14 heteroatoms. The zero-order valence-corrected chi connectivity index (χ0v) is 52.1. The molecule has 0 aliphatic rings. The van der Waals surface area contributed by atoms with E-state index in [4.69, 9.17) is 47.4 Å². The van der Waals surface area contributed by atoms with Crippen molar-refractivity contribution < 1.29 is 67.2 Å². The first kappa shape index (κ1) is 75.5. The van der Waals surface area contributed by atoms with Crippen molar-refractivity contribution in [2.24, 2.45) is 5.41 Å². The van der Waals surface area contributed by atoms with Gasteiger partial charge in [-0.15, -0.1) is 0 Å². The molecule has 0 heterocycles. The molecule has 460 valence electrons. The second kappa shape index (κ2) is 47.1. The van der Waals surface area contributed by atoms with Gasteiger partial charge in [-0.25, -0.2) is 0 Å². The van der Waals surface area contributed by atoms with E-state index in [0.29, 0.717) is 83.5 Å². The minimum absolute atomic E-state index is 0.000196. The summed E-state index contributed by atoms with van der Waals surface area (Å²) >= 11 is 0. The molecule has 0 bridgehead atoms. The van der Waals surface area contributed by atoms with E-state index < -0.39 is 52.7 Å². The Morgan fingerprint density at radius 3 is 0.818 bits per heavy atom. The Balaban J connectivity index is 10.8. The lowest BCUT2D eigenvalue weighted by Crippen LogP contribution is -2.86. The zero-order chi connectivity index (χ0) is 57.6. The zero-order valence-electron chi connectivity index (χ0n) is 52.1. The molecule has 0 saturated heterocycles. The molecule has 0 rings (SSSR count). The molecule has 0 saturated carbocycles. The second-order valence-corrected chi connectivity index (χ2v) is 21.2. The van der Waals surface area contributed by atoms with Crippen molar-refractivity contribution in [3.05, 3.63) is 0 Å². The fourth-order valence-corrected chi connectivity index (χ4v) is 10.8. The highest BCUT2D eigenvalue weighted by Crippen LogP contribution is 2.63. The lowest BCUT2D eigenvalue weighted by atomic mass is 9.60. The highest BCUT2D eigenvalue weighted by Gasteiger charge is 2.86. The van der Waals surface area contributed by atoms with Crippen LogP contribution in [-0.4, -0.2) is 124 Å². The Kier molecular flexibility index (Phi) is 46.2. The summed E-state index contributed by atoms with van der Waals surface area (Å²) in [6, 6.07) is 0. The number of hydrogen-bond acceptors (Lipinski definition) is 12. The van der Waals surface area contributed by atoms with Gasteiger partial charge in [0.2, 0.25) is 11.6 Å². The van der Waals surface area contributed by atoms with E-state index in [1.165, 1.54) is 0 Å². The van der Waals surface area contributed by atoms with Crippen molar-refractivity contribution in [1.82, 2.24) is 0 Å². The van der Waals surface area contributed by atoms with E-state index in [1.54, 1.807) is 0 Å². The van der Waals surface area contributed by atoms with Gasteiger partial charge in [-0.2, -0.15) is 0 Å². The Morgan fingerprint density at radius 2 is 0.597 bits per heavy atom. The first-order chi connectivity index (χ1) is 37.4. The molecule has 0 radical (unpaired) electrons. The van der Waals surface area contributed by atoms with Crippen LogP contribution >= 0.6 is 0 Å². The summed E-state index contributed by atoms with van der Waals surface area (Å²) in [5.74, 6) is -11.2. The molecule has 0 aromatic carbocycles. The number of ether oxygens (including phenoxy) is 10. The molecule has 0 fully saturated rings. The summed E-state index contributed by atoms with van der Waals surface area (Å²) in [6.07, 6.45) is 19.3. The Morgan fingerprint density at radius 1 is 0.338 bits per heavy atom. The molecule has 0 aliphatic carbocycles. The van der Waals surface area contributed by atoms with E-state index >= 15 is 4.79 Å². The van der Waals surface area contributed by atoms with Gasteiger partial charge in [-0.1, -0.05) is 191 Å². The molecule has 0 aliphatic heterocycles. The largest absolute Gasteiger partial charge is 0.481 e. The summed E-state index contributed by atoms with van der Waals surface area (Å²) in [6.45, 7) is 26.7. The van der Waals surface area contributed by atoms with Crippen LogP contribution in [0.2, 0.25) is 0 Å². The normalized spacial score (nSPS) is 14.3. The van der Waals surface area contributed by atoms with Crippen LogP contribution in [0.5, 0.6) is 0 Å². The van der Waals surface area contributed by atoms with Crippen LogP contribution in [0.25, 0.3) is 0 Å². The van der Waals surface area contributed by atoms with E-state index in [0.717, 1.165) is 103 Å². The van der Waals surface area contributed by atoms with Crippen LogP contribution in [0, 0.1) is 5.41 Å².